The molecule has 2 atom stereocenters. The molecule has 1 heteroatoms. The summed E-state index contributed by atoms with van der Waals surface area (Å²) in [6, 6.07) is 0. The molecule has 0 N–H and O–H groups in total. The number of carbonyl (C=O) groups is 1. The highest BCUT2D eigenvalue weighted by molar-refractivity contribution is 5.90. The fraction of sp³-hybridized carbons (Fsp3) is 0.750. The summed E-state index contributed by atoms with van der Waals surface area (Å²) in [5.41, 5.74) is 0.153. The van der Waals surface area contributed by atoms with E-state index in [9.17, 15) is 4.79 Å². The van der Waals surface area contributed by atoms with Crippen LogP contribution in [0.2, 0.25) is 0 Å². The Labute approximate surface area is 79.9 Å². The Balaban J connectivity index is 2.17. The maximum absolute atomic E-state index is 11.9. The number of ketones is 1. The molecule has 0 radical (unpaired) electrons. The van der Waals surface area contributed by atoms with Gasteiger partial charge in [0.15, 0.2) is 0 Å². The SMILES string of the molecule is C#CC[C@]12C[C@H]1CC(C)(C)CC2=O. The van der Waals surface area contributed by atoms with Crippen molar-refractivity contribution in [3.63, 3.8) is 0 Å². The number of terminal acetylenes is 1. The second-order valence-electron chi connectivity index (χ2n) is 5.41. The van der Waals surface area contributed by atoms with Gasteiger partial charge in [-0.15, -0.1) is 12.3 Å². The monoisotopic (exact) mass is 176 g/mol. The third-order valence-corrected chi connectivity index (χ3v) is 3.64. The fourth-order valence-electron chi connectivity index (χ4n) is 2.84. The van der Waals surface area contributed by atoms with Gasteiger partial charge in [0.25, 0.3) is 0 Å². The largest absolute Gasteiger partial charge is 0.299 e. The minimum absolute atomic E-state index is 0.0652. The summed E-state index contributed by atoms with van der Waals surface area (Å²) in [5, 5.41) is 0. The summed E-state index contributed by atoms with van der Waals surface area (Å²) in [5.74, 6) is 3.68. The summed E-state index contributed by atoms with van der Waals surface area (Å²) in [6.45, 7) is 4.37. The van der Waals surface area contributed by atoms with Crippen LogP contribution in [0.25, 0.3) is 0 Å². The molecular weight excluding hydrogens is 160 g/mol. The first-order valence-corrected chi connectivity index (χ1v) is 4.97. The molecule has 0 aromatic heterocycles. The van der Waals surface area contributed by atoms with Gasteiger partial charge < -0.3 is 0 Å². The van der Waals surface area contributed by atoms with Gasteiger partial charge in [0.05, 0.1) is 0 Å². The molecule has 0 saturated heterocycles. The molecule has 0 amide bonds. The van der Waals surface area contributed by atoms with E-state index in [0.29, 0.717) is 18.1 Å². The predicted molar refractivity (Wildman–Crippen MR) is 52.0 cm³/mol. The minimum Gasteiger partial charge on any atom is -0.299 e. The maximum Gasteiger partial charge on any atom is 0.140 e. The third kappa shape index (κ3) is 1.20. The molecule has 2 fully saturated rings. The van der Waals surface area contributed by atoms with E-state index in [1.54, 1.807) is 0 Å². The van der Waals surface area contributed by atoms with E-state index in [2.05, 4.69) is 19.8 Å². The van der Waals surface area contributed by atoms with Gasteiger partial charge in [-0.2, -0.15) is 0 Å². The fourth-order valence-corrected chi connectivity index (χ4v) is 2.84. The van der Waals surface area contributed by atoms with Crippen molar-refractivity contribution in [2.75, 3.05) is 0 Å². The van der Waals surface area contributed by atoms with Crippen LogP contribution >= 0.6 is 0 Å². The van der Waals surface area contributed by atoms with E-state index in [1.165, 1.54) is 6.42 Å². The number of hydrogen-bond donors (Lipinski definition) is 0. The normalized spacial score (nSPS) is 40.7. The van der Waals surface area contributed by atoms with Crippen LogP contribution in [-0.4, -0.2) is 5.78 Å². The smallest absolute Gasteiger partial charge is 0.140 e. The first-order valence-electron chi connectivity index (χ1n) is 4.97. The quantitative estimate of drug-likeness (QED) is 0.561. The van der Waals surface area contributed by atoms with Crippen LogP contribution in [0.15, 0.2) is 0 Å². The van der Waals surface area contributed by atoms with E-state index >= 15 is 0 Å². The van der Waals surface area contributed by atoms with Crippen molar-refractivity contribution >= 4 is 5.78 Å². The van der Waals surface area contributed by atoms with Gasteiger partial charge in [-0.1, -0.05) is 13.8 Å². The highest BCUT2D eigenvalue weighted by Gasteiger charge is 2.62. The lowest BCUT2D eigenvalue weighted by Crippen LogP contribution is -2.31. The molecule has 0 spiro atoms. The van der Waals surface area contributed by atoms with Gasteiger partial charge in [-0.3, -0.25) is 4.79 Å². The summed E-state index contributed by atoms with van der Waals surface area (Å²) in [4.78, 5) is 11.9. The molecule has 0 unspecified atom stereocenters. The topological polar surface area (TPSA) is 17.1 Å². The van der Waals surface area contributed by atoms with Crippen molar-refractivity contribution in [3.8, 4) is 12.3 Å². The molecule has 2 saturated carbocycles. The van der Waals surface area contributed by atoms with Crippen LogP contribution in [0.4, 0.5) is 0 Å². The molecule has 2 aliphatic carbocycles. The number of Topliss-reactive ketones (excluding diaryl/α,β-unsaturated/α-hetero) is 1. The van der Waals surface area contributed by atoms with Crippen molar-refractivity contribution in [3.05, 3.63) is 0 Å². The maximum atomic E-state index is 11.9. The van der Waals surface area contributed by atoms with E-state index < -0.39 is 0 Å². The molecule has 70 valence electrons. The lowest BCUT2D eigenvalue weighted by molar-refractivity contribution is -0.128. The van der Waals surface area contributed by atoms with Crippen LogP contribution in [0.1, 0.15) is 39.5 Å². The zero-order chi connectivity index (χ0) is 9.69. The summed E-state index contributed by atoms with van der Waals surface area (Å²) in [6.07, 6.45) is 8.94. The molecule has 2 rings (SSSR count). The molecule has 0 aliphatic heterocycles. The molecule has 2 aliphatic rings. The van der Waals surface area contributed by atoms with Crippen LogP contribution < -0.4 is 0 Å². The summed E-state index contributed by atoms with van der Waals surface area (Å²) in [7, 11) is 0. The second kappa shape index (κ2) is 2.38. The Hall–Kier alpha value is -0.770. The molecular formula is C12H16O. The zero-order valence-electron chi connectivity index (χ0n) is 8.39. The standard InChI is InChI=1S/C12H16O/c1-4-5-12-7-9(12)6-11(2,3)8-10(12)13/h1,9H,5-8H2,2-3H3/t9-,12+/m1/s1. The Morgan fingerprint density at radius 1 is 1.54 bits per heavy atom. The van der Waals surface area contributed by atoms with Crippen molar-refractivity contribution in [2.24, 2.45) is 16.7 Å². The zero-order valence-corrected chi connectivity index (χ0v) is 8.39. The average molecular weight is 176 g/mol. The van der Waals surface area contributed by atoms with Gasteiger partial charge in [0.1, 0.15) is 5.78 Å². The number of hydrogen-bond acceptors (Lipinski definition) is 1. The minimum atomic E-state index is -0.0652. The van der Waals surface area contributed by atoms with Crippen molar-refractivity contribution in [1.29, 1.82) is 0 Å². The van der Waals surface area contributed by atoms with Gasteiger partial charge in [-0.05, 0) is 24.2 Å². The number of fused-ring (bicyclic) bond motifs is 1. The van der Waals surface area contributed by atoms with Crippen LogP contribution in [0, 0.1) is 29.1 Å². The van der Waals surface area contributed by atoms with Crippen molar-refractivity contribution < 1.29 is 4.79 Å². The van der Waals surface area contributed by atoms with Gasteiger partial charge in [-0.25, -0.2) is 0 Å². The molecule has 0 aromatic carbocycles. The Morgan fingerprint density at radius 3 is 2.77 bits per heavy atom. The second-order valence-corrected chi connectivity index (χ2v) is 5.41. The Kier molecular flexibility index (Phi) is 1.61. The van der Waals surface area contributed by atoms with E-state index in [1.807, 2.05) is 0 Å². The van der Waals surface area contributed by atoms with Crippen LogP contribution in [0.3, 0.4) is 0 Å². The molecule has 0 bridgehead atoms. The lowest BCUT2D eigenvalue weighted by atomic mass is 9.71. The van der Waals surface area contributed by atoms with Crippen molar-refractivity contribution in [1.82, 2.24) is 0 Å². The molecule has 1 nitrogen and oxygen atoms in total. The molecule has 0 aromatic rings. The van der Waals surface area contributed by atoms with Crippen LogP contribution in [0.5, 0.6) is 0 Å². The predicted octanol–water partition coefficient (Wildman–Crippen LogP) is 2.41. The van der Waals surface area contributed by atoms with Gasteiger partial charge >= 0.3 is 0 Å². The van der Waals surface area contributed by atoms with E-state index in [0.717, 1.165) is 12.8 Å². The molecule has 13 heavy (non-hydrogen) atoms. The first-order chi connectivity index (χ1) is 6.00. The van der Waals surface area contributed by atoms with Crippen LogP contribution in [-0.2, 0) is 4.79 Å². The molecule has 0 heterocycles. The highest BCUT2D eigenvalue weighted by Crippen LogP contribution is 2.64. The van der Waals surface area contributed by atoms with E-state index in [4.69, 9.17) is 6.42 Å². The van der Waals surface area contributed by atoms with Gasteiger partial charge in [0, 0.05) is 18.3 Å². The average Bonchev–Trinajstić information content (AvgIpc) is 2.61. The number of rotatable bonds is 1. The third-order valence-electron chi connectivity index (χ3n) is 3.64. The Bertz CT molecular complexity index is 295. The van der Waals surface area contributed by atoms with E-state index in [-0.39, 0.29) is 10.8 Å². The summed E-state index contributed by atoms with van der Waals surface area (Å²) < 4.78 is 0. The summed E-state index contributed by atoms with van der Waals surface area (Å²) >= 11 is 0. The first kappa shape index (κ1) is 8.81. The van der Waals surface area contributed by atoms with Crippen molar-refractivity contribution in [2.45, 2.75) is 39.5 Å². The lowest BCUT2D eigenvalue weighted by Gasteiger charge is -2.31. The Morgan fingerprint density at radius 2 is 2.23 bits per heavy atom. The highest BCUT2D eigenvalue weighted by atomic mass is 16.1. The number of carbonyl (C=O) groups excluding carboxylic acids is 1. The van der Waals surface area contributed by atoms with Gasteiger partial charge in [0.2, 0.25) is 0 Å².